The van der Waals surface area contributed by atoms with Gasteiger partial charge in [-0.1, -0.05) is 24.3 Å². The molecule has 0 aliphatic carbocycles. The van der Waals surface area contributed by atoms with Crippen LogP contribution in [0.25, 0.3) is 0 Å². The van der Waals surface area contributed by atoms with Crippen LogP contribution in [0.2, 0.25) is 0 Å². The van der Waals surface area contributed by atoms with E-state index in [9.17, 15) is 9.59 Å². The van der Waals surface area contributed by atoms with E-state index < -0.39 is 5.97 Å². The van der Waals surface area contributed by atoms with Gasteiger partial charge in [-0.25, -0.2) is 4.79 Å². The second kappa shape index (κ2) is 4.81. The van der Waals surface area contributed by atoms with Crippen LogP contribution in [0.4, 0.5) is 11.4 Å². The summed E-state index contributed by atoms with van der Waals surface area (Å²) in [6, 6.07) is 14.5. The van der Waals surface area contributed by atoms with E-state index in [1.165, 1.54) is 7.11 Å². The number of esters is 1. The van der Waals surface area contributed by atoms with Crippen molar-refractivity contribution in [2.24, 2.45) is 0 Å². The van der Waals surface area contributed by atoms with E-state index in [1.807, 2.05) is 35.2 Å². The topological polar surface area (TPSA) is 46.6 Å². The minimum atomic E-state index is -0.405. The molecule has 2 aromatic rings. The molecule has 0 unspecified atom stereocenters. The SMILES string of the molecule is COC(=O)c1ccccc1N1CC(=O)c2ccccc21. The summed E-state index contributed by atoms with van der Waals surface area (Å²) in [6.45, 7) is 0.243. The Morgan fingerprint density at radius 2 is 1.70 bits per heavy atom. The van der Waals surface area contributed by atoms with Crippen LogP contribution in [0.3, 0.4) is 0 Å². The number of nitrogens with zero attached hydrogens (tertiary/aromatic N) is 1. The number of anilines is 2. The van der Waals surface area contributed by atoms with Crippen LogP contribution >= 0.6 is 0 Å². The predicted molar refractivity (Wildman–Crippen MR) is 75.6 cm³/mol. The number of benzene rings is 2. The van der Waals surface area contributed by atoms with E-state index in [2.05, 4.69) is 0 Å². The van der Waals surface area contributed by atoms with Gasteiger partial charge in [0.05, 0.1) is 30.6 Å². The summed E-state index contributed by atoms with van der Waals surface area (Å²) < 4.78 is 4.80. The van der Waals surface area contributed by atoms with Crippen LogP contribution in [-0.2, 0) is 4.74 Å². The summed E-state index contributed by atoms with van der Waals surface area (Å²) >= 11 is 0. The van der Waals surface area contributed by atoms with E-state index in [0.29, 0.717) is 16.8 Å². The van der Waals surface area contributed by atoms with Crippen LogP contribution in [0.15, 0.2) is 48.5 Å². The minimum Gasteiger partial charge on any atom is -0.465 e. The predicted octanol–water partition coefficient (Wildman–Crippen LogP) is 2.81. The Morgan fingerprint density at radius 3 is 2.45 bits per heavy atom. The number of ether oxygens (including phenoxy) is 1. The van der Waals surface area contributed by atoms with E-state index >= 15 is 0 Å². The van der Waals surface area contributed by atoms with Crippen LogP contribution in [0.1, 0.15) is 20.7 Å². The van der Waals surface area contributed by atoms with Gasteiger partial charge in [0.2, 0.25) is 0 Å². The number of Topliss-reactive ketones (excluding diaryl/α,β-unsaturated/α-hetero) is 1. The molecule has 4 heteroatoms. The third kappa shape index (κ3) is 1.86. The van der Waals surface area contributed by atoms with Gasteiger partial charge in [0.25, 0.3) is 0 Å². The fourth-order valence-electron chi connectivity index (χ4n) is 2.47. The second-order valence-electron chi connectivity index (χ2n) is 4.54. The molecule has 3 rings (SSSR count). The fourth-order valence-corrected chi connectivity index (χ4v) is 2.47. The lowest BCUT2D eigenvalue weighted by atomic mass is 10.1. The highest BCUT2D eigenvalue weighted by atomic mass is 16.5. The number of hydrogen-bond donors (Lipinski definition) is 0. The highest BCUT2D eigenvalue weighted by Gasteiger charge is 2.29. The first-order valence-electron chi connectivity index (χ1n) is 6.29. The quantitative estimate of drug-likeness (QED) is 0.785. The number of methoxy groups -OCH3 is 1. The minimum absolute atomic E-state index is 0.0558. The van der Waals surface area contributed by atoms with Crippen LogP contribution in [0.5, 0.6) is 0 Å². The van der Waals surface area contributed by atoms with Crippen molar-refractivity contribution in [1.29, 1.82) is 0 Å². The zero-order valence-corrected chi connectivity index (χ0v) is 11.0. The Labute approximate surface area is 116 Å². The molecule has 0 aromatic heterocycles. The average molecular weight is 267 g/mol. The van der Waals surface area contributed by atoms with Crippen molar-refractivity contribution in [3.63, 3.8) is 0 Å². The summed E-state index contributed by atoms with van der Waals surface area (Å²) in [4.78, 5) is 25.7. The normalized spacial score (nSPS) is 13.2. The third-order valence-corrected chi connectivity index (χ3v) is 3.40. The molecule has 0 N–H and O–H groups in total. The molecule has 0 saturated heterocycles. The third-order valence-electron chi connectivity index (χ3n) is 3.40. The first kappa shape index (κ1) is 12.4. The first-order valence-corrected chi connectivity index (χ1v) is 6.29. The number of rotatable bonds is 2. The Balaban J connectivity index is 2.12. The van der Waals surface area contributed by atoms with E-state index in [0.717, 1.165) is 5.69 Å². The Hall–Kier alpha value is -2.62. The van der Waals surface area contributed by atoms with Gasteiger partial charge >= 0.3 is 5.97 Å². The van der Waals surface area contributed by atoms with Crippen LogP contribution < -0.4 is 4.90 Å². The van der Waals surface area contributed by atoms with Gasteiger partial charge in [-0.2, -0.15) is 0 Å². The summed E-state index contributed by atoms with van der Waals surface area (Å²) in [5, 5.41) is 0. The molecular weight excluding hydrogens is 254 g/mol. The van der Waals surface area contributed by atoms with Crippen molar-refractivity contribution in [2.75, 3.05) is 18.6 Å². The smallest absolute Gasteiger partial charge is 0.339 e. The maximum atomic E-state index is 12.0. The van der Waals surface area contributed by atoms with E-state index in [4.69, 9.17) is 4.74 Å². The highest BCUT2D eigenvalue weighted by molar-refractivity contribution is 6.11. The molecule has 0 fully saturated rings. The molecule has 0 radical (unpaired) electrons. The molecule has 2 aromatic carbocycles. The highest BCUT2D eigenvalue weighted by Crippen LogP contribution is 2.36. The molecule has 100 valence electrons. The number of para-hydroxylation sites is 2. The zero-order chi connectivity index (χ0) is 14.1. The van der Waals surface area contributed by atoms with Gasteiger partial charge < -0.3 is 9.64 Å². The number of carbonyl (C=O) groups is 2. The van der Waals surface area contributed by atoms with Gasteiger partial charge in [-0.15, -0.1) is 0 Å². The maximum absolute atomic E-state index is 12.0. The van der Waals surface area contributed by atoms with Crippen LogP contribution in [-0.4, -0.2) is 25.4 Å². The van der Waals surface area contributed by atoms with Crippen molar-refractivity contribution in [1.82, 2.24) is 0 Å². The van der Waals surface area contributed by atoms with Gasteiger partial charge in [0, 0.05) is 5.56 Å². The number of hydrogen-bond acceptors (Lipinski definition) is 4. The molecule has 1 aliphatic rings. The van der Waals surface area contributed by atoms with E-state index in [1.54, 1.807) is 18.2 Å². The van der Waals surface area contributed by atoms with E-state index in [-0.39, 0.29) is 12.3 Å². The largest absolute Gasteiger partial charge is 0.465 e. The Morgan fingerprint density at radius 1 is 1.05 bits per heavy atom. The molecule has 1 aliphatic heterocycles. The summed E-state index contributed by atoms with van der Waals surface area (Å²) in [7, 11) is 1.35. The van der Waals surface area contributed by atoms with Crippen LogP contribution in [0, 0.1) is 0 Å². The molecule has 0 amide bonds. The average Bonchev–Trinajstić information content (AvgIpc) is 2.84. The standard InChI is InChI=1S/C16H13NO3/c1-20-16(19)12-7-3-5-9-14(12)17-10-15(18)11-6-2-4-8-13(11)17/h2-9H,10H2,1H3. The molecule has 20 heavy (non-hydrogen) atoms. The lowest BCUT2D eigenvalue weighted by Crippen LogP contribution is -2.19. The molecule has 0 atom stereocenters. The van der Waals surface area contributed by atoms with Crippen molar-refractivity contribution in [3.8, 4) is 0 Å². The molecule has 1 heterocycles. The van der Waals surface area contributed by atoms with Crippen molar-refractivity contribution < 1.29 is 14.3 Å². The second-order valence-corrected chi connectivity index (χ2v) is 4.54. The number of fused-ring (bicyclic) bond motifs is 1. The maximum Gasteiger partial charge on any atom is 0.339 e. The summed E-state index contributed by atoms with van der Waals surface area (Å²) in [5.41, 5.74) is 2.66. The zero-order valence-electron chi connectivity index (χ0n) is 11.0. The molecule has 0 saturated carbocycles. The van der Waals surface area contributed by atoms with Crippen molar-refractivity contribution in [3.05, 3.63) is 59.7 Å². The number of carbonyl (C=O) groups excluding carboxylic acids is 2. The van der Waals surface area contributed by atoms with Crippen molar-refractivity contribution in [2.45, 2.75) is 0 Å². The van der Waals surface area contributed by atoms with Gasteiger partial charge in [-0.05, 0) is 24.3 Å². The Bertz CT molecular complexity index is 694. The molecular formula is C16H13NO3. The summed E-state index contributed by atoms with van der Waals surface area (Å²) in [6.07, 6.45) is 0. The van der Waals surface area contributed by atoms with Crippen molar-refractivity contribution >= 4 is 23.1 Å². The Kier molecular flexibility index (Phi) is 2.99. The molecule has 0 spiro atoms. The molecule has 4 nitrogen and oxygen atoms in total. The number of ketones is 1. The monoisotopic (exact) mass is 267 g/mol. The lowest BCUT2D eigenvalue weighted by molar-refractivity contribution is 0.0601. The molecule has 0 bridgehead atoms. The first-order chi connectivity index (χ1) is 9.72. The lowest BCUT2D eigenvalue weighted by Gasteiger charge is -2.20. The van der Waals surface area contributed by atoms with Gasteiger partial charge in [0.1, 0.15) is 0 Å². The fraction of sp³-hybridized carbons (Fsp3) is 0.125. The summed E-state index contributed by atoms with van der Waals surface area (Å²) in [5.74, 6) is -0.349. The van der Waals surface area contributed by atoms with Gasteiger partial charge in [0.15, 0.2) is 5.78 Å². The van der Waals surface area contributed by atoms with Gasteiger partial charge in [-0.3, -0.25) is 4.79 Å².